The van der Waals surface area contributed by atoms with Crippen LogP contribution in [0.5, 0.6) is 0 Å². The molecule has 0 bridgehead atoms. The van der Waals surface area contributed by atoms with Gasteiger partial charge in [-0.1, -0.05) is 0 Å². The number of imide groups is 1. The Labute approximate surface area is 102 Å². The smallest absolute Gasteiger partial charge is 0.313 e. The van der Waals surface area contributed by atoms with Crippen LogP contribution in [0.15, 0.2) is 0 Å². The van der Waals surface area contributed by atoms with Crippen molar-refractivity contribution in [2.75, 3.05) is 6.54 Å². The predicted molar refractivity (Wildman–Crippen MR) is 56.8 cm³/mol. The zero-order valence-corrected chi connectivity index (χ0v) is 10.4. The van der Waals surface area contributed by atoms with Gasteiger partial charge < -0.3 is 4.90 Å². The number of hydrogen-bond donors (Lipinski definition) is 1. The first kappa shape index (κ1) is 16.0. The van der Waals surface area contributed by atoms with Gasteiger partial charge >= 0.3 is 12.2 Å². The molecule has 100 valence electrons. The molecule has 3 amide bonds. The van der Waals surface area contributed by atoms with Gasteiger partial charge in [-0.2, -0.15) is 13.2 Å². The molecule has 0 fully saturated rings. The first-order chi connectivity index (χ1) is 7.54. The zero-order valence-electron chi connectivity index (χ0n) is 9.64. The van der Waals surface area contributed by atoms with E-state index >= 15 is 0 Å². The highest BCUT2D eigenvalue weighted by Crippen LogP contribution is 2.18. The van der Waals surface area contributed by atoms with Gasteiger partial charge in [-0.3, -0.25) is 10.1 Å². The second-order valence-electron chi connectivity index (χ2n) is 3.75. The van der Waals surface area contributed by atoms with Crippen molar-refractivity contribution >= 4 is 23.5 Å². The third-order valence-corrected chi connectivity index (χ3v) is 2.02. The number of urea groups is 1. The van der Waals surface area contributed by atoms with Gasteiger partial charge in [-0.15, -0.1) is 11.6 Å². The molecule has 0 aliphatic rings. The van der Waals surface area contributed by atoms with Crippen molar-refractivity contribution in [3.63, 3.8) is 0 Å². The van der Waals surface area contributed by atoms with E-state index < -0.39 is 36.1 Å². The minimum absolute atomic E-state index is 0.511. The van der Waals surface area contributed by atoms with E-state index in [2.05, 4.69) is 0 Å². The van der Waals surface area contributed by atoms with Gasteiger partial charge in [-0.25, -0.2) is 4.79 Å². The standard InChI is InChI=1S/C9H14ClF3N2O2/c1-5(2)15(4-9(11,12)13)8(17)14-7(16)6(3)10/h5-6H,4H2,1-3H3,(H,14,16,17). The number of alkyl halides is 4. The lowest BCUT2D eigenvalue weighted by molar-refractivity contribution is -0.143. The molecule has 0 spiro atoms. The minimum Gasteiger partial charge on any atom is -0.313 e. The van der Waals surface area contributed by atoms with Crippen molar-refractivity contribution < 1.29 is 22.8 Å². The molecule has 17 heavy (non-hydrogen) atoms. The van der Waals surface area contributed by atoms with Crippen LogP contribution in [0.4, 0.5) is 18.0 Å². The Kier molecular flexibility index (Phi) is 5.74. The molecule has 0 aromatic rings. The fourth-order valence-electron chi connectivity index (χ4n) is 0.959. The lowest BCUT2D eigenvalue weighted by atomic mass is 10.3. The van der Waals surface area contributed by atoms with E-state index in [1.54, 1.807) is 5.32 Å². The number of carbonyl (C=O) groups excluding carboxylic acids is 2. The van der Waals surface area contributed by atoms with Crippen LogP contribution in [0.2, 0.25) is 0 Å². The summed E-state index contributed by atoms with van der Waals surface area (Å²) in [6, 6.07) is -1.79. The molecule has 0 radical (unpaired) electrons. The average molecular weight is 275 g/mol. The van der Waals surface area contributed by atoms with Crippen molar-refractivity contribution in [3.8, 4) is 0 Å². The van der Waals surface area contributed by atoms with Crippen LogP contribution < -0.4 is 5.32 Å². The third-order valence-electron chi connectivity index (χ3n) is 1.83. The van der Waals surface area contributed by atoms with E-state index in [-0.39, 0.29) is 0 Å². The Morgan fingerprint density at radius 2 is 1.76 bits per heavy atom. The second-order valence-corrected chi connectivity index (χ2v) is 4.40. The number of hydrogen-bond acceptors (Lipinski definition) is 2. The maximum absolute atomic E-state index is 12.2. The van der Waals surface area contributed by atoms with E-state index in [0.29, 0.717) is 4.90 Å². The summed E-state index contributed by atoms with van der Waals surface area (Å²) in [7, 11) is 0. The normalized spacial score (nSPS) is 13.4. The van der Waals surface area contributed by atoms with Crippen molar-refractivity contribution in [2.24, 2.45) is 0 Å². The molecule has 0 heterocycles. The van der Waals surface area contributed by atoms with Crippen LogP contribution in [0.3, 0.4) is 0 Å². The average Bonchev–Trinajstić information content (AvgIpc) is 2.11. The Morgan fingerprint density at radius 1 is 1.29 bits per heavy atom. The Morgan fingerprint density at radius 3 is 2.06 bits per heavy atom. The molecule has 0 aliphatic carbocycles. The molecule has 1 unspecified atom stereocenters. The fraction of sp³-hybridized carbons (Fsp3) is 0.778. The van der Waals surface area contributed by atoms with E-state index in [4.69, 9.17) is 11.6 Å². The van der Waals surface area contributed by atoms with E-state index in [0.717, 1.165) is 0 Å². The number of nitrogens with zero attached hydrogens (tertiary/aromatic N) is 1. The van der Waals surface area contributed by atoms with Gasteiger partial charge in [0.05, 0.1) is 0 Å². The number of carbonyl (C=O) groups is 2. The summed E-state index contributed by atoms with van der Waals surface area (Å²) in [5, 5.41) is 0.812. The largest absolute Gasteiger partial charge is 0.406 e. The number of amides is 3. The van der Waals surface area contributed by atoms with E-state index in [9.17, 15) is 22.8 Å². The minimum atomic E-state index is -4.52. The van der Waals surface area contributed by atoms with Crippen molar-refractivity contribution in [1.82, 2.24) is 10.2 Å². The van der Waals surface area contributed by atoms with Crippen molar-refractivity contribution in [3.05, 3.63) is 0 Å². The molecule has 1 atom stereocenters. The highest BCUT2D eigenvalue weighted by molar-refractivity contribution is 6.31. The first-order valence-electron chi connectivity index (χ1n) is 4.87. The number of halogens is 4. The molecule has 0 aromatic carbocycles. The Balaban J connectivity index is 4.62. The second kappa shape index (κ2) is 6.09. The molecule has 0 saturated heterocycles. The summed E-state index contributed by atoms with van der Waals surface area (Å²) >= 11 is 5.38. The van der Waals surface area contributed by atoms with Gasteiger partial charge in [0, 0.05) is 6.04 Å². The highest BCUT2D eigenvalue weighted by atomic mass is 35.5. The van der Waals surface area contributed by atoms with Crippen molar-refractivity contribution in [2.45, 2.75) is 38.4 Å². The van der Waals surface area contributed by atoms with Gasteiger partial charge in [0.15, 0.2) is 0 Å². The summed E-state index contributed by atoms with van der Waals surface area (Å²) in [6.07, 6.45) is -4.52. The number of rotatable bonds is 3. The number of nitrogens with one attached hydrogen (secondary N) is 1. The van der Waals surface area contributed by atoms with Gasteiger partial charge in [0.25, 0.3) is 0 Å². The third kappa shape index (κ3) is 6.35. The van der Waals surface area contributed by atoms with Gasteiger partial charge in [0.1, 0.15) is 11.9 Å². The molecule has 4 nitrogen and oxygen atoms in total. The fourth-order valence-corrected chi connectivity index (χ4v) is 1.01. The monoisotopic (exact) mass is 274 g/mol. The van der Waals surface area contributed by atoms with E-state index in [1.165, 1.54) is 20.8 Å². The van der Waals surface area contributed by atoms with Crippen LogP contribution in [-0.2, 0) is 4.79 Å². The summed E-state index contributed by atoms with van der Waals surface area (Å²) in [4.78, 5) is 23.0. The van der Waals surface area contributed by atoms with Crippen LogP contribution in [0, 0.1) is 0 Å². The maximum atomic E-state index is 12.2. The molecular weight excluding hydrogens is 261 g/mol. The molecule has 1 N–H and O–H groups in total. The zero-order chi connectivity index (χ0) is 13.8. The van der Waals surface area contributed by atoms with Crippen LogP contribution in [0.25, 0.3) is 0 Å². The molecule has 0 rings (SSSR count). The molecular formula is C9H14ClF3N2O2. The van der Waals surface area contributed by atoms with Gasteiger partial charge in [-0.05, 0) is 20.8 Å². The Bertz CT molecular complexity index is 292. The lowest BCUT2D eigenvalue weighted by Gasteiger charge is -2.27. The highest BCUT2D eigenvalue weighted by Gasteiger charge is 2.34. The Hall–Kier alpha value is -0.980. The molecule has 0 aliphatic heterocycles. The predicted octanol–water partition coefficient (Wildman–Crippen LogP) is 2.12. The van der Waals surface area contributed by atoms with E-state index in [1.807, 2.05) is 0 Å². The quantitative estimate of drug-likeness (QED) is 0.802. The molecule has 0 aromatic heterocycles. The van der Waals surface area contributed by atoms with Crippen LogP contribution in [-0.4, -0.2) is 41.0 Å². The topological polar surface area (TPSA) is 49.4 Å². The molecule has 8 heteroatoms. The summed E-state index contributed by atoms with van der Waals surface area (Å²) in [5.74, 6) is -0.829. The lowest BCUT2D eigenvalue weighted by Crippen LogP contribution is -2.50. The summed E-state index contributed by atoms with van der Waals surface area (Å²) < 4.78 is 36.6. The summed E-state index contributed by atoms with van der Waals surface area (Å²) in [5.41, 5.74) is 0. The molecule has 0 saturated carbocycles. The van der Waals surface area contributed by atoms with Gasteiger partial charge in [0.2, 0.25) is 5.91 Å². The summed E-state index contributed by atoms with van der Waals surface area (Å²) in [6.45, 7) is 2.73. The van der Waals surface area contributed by atoms with Crippen LogP contribution >= 0.6 is 11.6 Å². The van der Waals surface area contributed by atoms with Crippen molar-refractivity contribution in [1.29, 1.82) is 0 Å². The first-order valence-corrected chi connectivity index (χ1v) is 5.30. The van der Waals surface area contributed by atoms with Crippen LogP contribution in [0.1, 0.15) is 20.8 Å². The maximum Gasteiger partial charge on any atom is 0.406 e. The SMILES string of the molecule is CC(Cl)C(=O)NC(=O)N(CC(F)(F)F)C(C)C.